The fourth-order valence-electron chi connectivity index (χ4n) is 2.83. The van der Waals surface area contributed by atoms with Crippen LogP contribution < -0.4 is 10.6 Å². The van der Waals surface area contributed by atoms with Crippen molar-refractivity contribution < 1.29 is 4.79 Å². The topological polar surface area (TPSA) is 82.7 Å². The molecule has 6 nitrogen and oxygen atoms in total. The first-order valence-electron chi connectivity index (χ1n) is 6.19. The van der Waals surface area contributed by atoms with Crippen molar-refractivity contribution in [2.75, 3.05) is 6.54 Å². The zero-order chi connectivity index (χ0) is 11.7. The van der Waals surface area contributed by atoms with Crippen LogP contribution in [0.4, 0.5) is 0 Å². The molecular weight excluding hydrogens is 218 g/mol. The predicted molar refractivity (Wildman–Crippen MR) is 61.5 cm³/mol. The fraction of sp³-hybridized carbons (Fsp3) is 0.727. The first kappa shape index (κ1) is 10.7. The van der Waals surface area contributed by atoms with Crippen LogP contribution in [0.15, 0.2) is 6.33 Å². The second-order valence-corrected chi connectivity index (χ2v) is 5.06. The van der Waals surface area contributed by atoms with Crippen LogP contribution in [0.2, 0.25) is 0 Å². The molecule has 1 saturated heterocycles. The van der Waals surface area contributed by atoms with E-state index in [4.69, 9.17) is 0 Å². The van der Waals surface area contributed by atoms with Crippen LogP contribution in [-0.2, 0) is 0 Å². The number of carbonyl (C=O) groups excluding carboxylic acids is 1. The number of nitrogens with zero attached hydrogens (tertiary/aromatic N) is 2. The van der Waals surface area contributed by atoms with E-state index in [-0.39, 0.29) is 11.9 Å². The van der Waals surface area contributed by atoms with Crippen molar-refractivity contribution in [1.82, 2.24) is 25.8 Å². The number of rotatable bonds is 2. The van der Waals surface area contributed by atoms with Gasteiger partial charge in [-0.1, -0.05) is 0 Å². The van der Waals surface area contributed by atoms with E-state index < -0.39 is 0 Å². The van der Waals surface area contributed by atoms with E-state index in [1.54, 1.807) is 0 Å². The number of aromatic amines is 1. The van der Waals surface area contributed by atoms with E-state index in [2.05, 4.69) is 25.8 Å². The molecular formula is C11H17N5O. The number of nitrogens with one attached hydrogen (secondary N) is 3. The zero-order valence-corrected chi connectivity index (χ0v) is 9.70. The molecule has 1 unspecified atom stereocenters. The summed E-state index contributed by atoms with van der Waals surface area (Å²) in [6.07, 6.45) is 7.15. The molecule has 1 aromatic heterocycles. The van der Waals surface area contributed by atoms with Gasteiger partial charge in [0, 0.05) is 11.6 Å². The number of hydrogen-bond donors (Lipinski definition) is 3. The van der Waals surface area contributed by atoms with Crippen LogP contribution in [0, 0.1) is 0 Å². The first-order valence-corrected chi connectivity index (χ1v) is 6.19. The van der Waals surface area contributed by atoms with Crippen molar-refractivity contribution >= 4 is 5.91 Å². The normalized spacial score (nSPS) is 26.5. The van der Waals surface area contributed by atoms with Gasteiger partial charge in [-0.15, -0.1) is 0 Å². The maximum absolute atomic E-state index is 11.8. The molecule has 1 amide bonds. The molecule has 1 aromatic rings. The Morgan fingerprint density at radius 3 is 3.06 bits per heavy atom. The SMILES string of the molecule is O=C(NC1CCNC2(CCC2)C1)c1ncn[nH]1. The highest BCUT2D eigenvalue weighted by molar-refractivity contribution is 5.90. The minimum atomic E-state index is -0.149. The standard InChI is InChI=1S/C11H17N5O/c17-10(9-12-7-14-16-9)15-8-2-5-13-11(6-8)3-1-4-11/h7-8,13H,1-6H2,(H,15,17)(H,12,14,16). The average molecular weight is 235 g/mol. The molecule has 3 rings (SSSR count). The van der Waals surface area contributed by atoms with Crippen LogP contribution in [-0.4, -0.2) is 39.2 Å². The number of hydrogen-bond acceptors (Lipinski definition) is 4. The Bertz CT molecular complexity index is 398. The van der Waals surface area contributed by atoms with Gasteiger partial charge in [0.1, 0.15) is 6.33 Å². The van der Waals surface area contributed by atoms with Crippen molar-refractivity contribution in [2.45, 2.75) is 43.7 Å². The van der Waals surface area contributed by atoms with E-state index >= 15 is 0 Å². The molecule has 0 aromatic carbocycles. The summed E-state index contributed by atoms with van der Waals surface area (Å²) in [7, 11) is 0. The molecule has 3 N–H and O–H groups in total. The largest absolute Gasteiger partial charge is 0.346 e. The third-order valence-electron chi connectivity index (χ3n) is 3.91. The van der Waals surface area contributed by atoms with Crippen molar-refractivity contribution in [1.29, 1.82) is 0 Å². The molecule has 1 aliphatic heterocycles. The van der Waals surface area contributed by atoms with Gasteiger partial charge < -0.3 is 10.6 Å². The van der Waals surface area contributed by atoms with Crippen LogP contribution in [0.25, 0.3) is 0 Å². The Balaban J connectivity index is 1.60. The summed E-state index contributed by atoms with van der Waals surface area (Å²) in [6, 6.07) is 0.258. The second-order valence-electron chi connectivity index (χ2n) is 5.06. The van der Waals surface area contributed by atoms with E-state index in [1.807, 2.05) is 0 Å². The Morgan fingerprint density at radius 1 is 1.53 bits per heavy atom. The van der Waals surface area contributed by atoms with Crippen molar-refractivity contribution in [3.8, 4) is 0 Å². The van der Waals surface area contributed by atoms with E-state index in [1.165, 1.54) is 25.6 Å². The lowest BCUT2D eigenvalue weighted by molar-refractivity contribution is 0.0844. The Kier molecular flexibility index (Phi) is 2.58. The lowest BCUT2D eigenvalue weighted by Gasteiger charge is -2.48. The highest BCUT2D eigenvalue weighted by Crippen LogP contribution is 2.38. The monoisotopic (exact) mass is 235 g/mol. The maximum Gasteiger partial charge on any atom is 0.288 e. The first-order chi connectivity index (χ1) is 8.27. The highest BCUT2D eigenvalue weighted by Gasteiger charge is 2.41. The molecule has 2 fully saturated rings. The van der Waals surface area contributed by atoms with Crippen LogP contribution in [0.1, 0.15) is 42.7 Å². The number of carbonyl (C=O) groups is 1. The average Bonchev–Trinajstić information content (AvgIpc) is 2.81. The van der Waals surface area contributed by atoms with Gasteiger partial charge in [-0.25, -0.2) is 4.98 Å². The smallest absolute Gasteiger partial charge is 0.288 e. The number of piperidine rings is 1. The Hall–Kier alpha value is -1.43. The van der Waals surface area contributed by atoms with Crippen molar-refractivity contribution in [3.05, 3.63) is 12.2 Å². The summed E-state index contributed by atoms with van der Waals surface area (Å²) in [5.41, 5.74) is 0.303. The molecule has 2 heterocycles. The van der Waals surface area contributed by atoms with Crippen LogP contribution in [0.3, 0.4) is 0 Å². The van der Waals surface area contributed by atoms with Gasteiger partial charge in [0.25, 0.3) is 5.91 Å². The van der Waals surface area contributed by atoms with E-state index in [0.29, 0.717) is 11.4 Å². The summed E-state index contributed by atoms with van der Waals surface area (Å²) in [6.45, 7) is 0.987. The maximum atomic E-state index is 11.8. The number of aromatic nitrogens is 3. The molecule has 6 heteroatoms. The van der Waals surface area contributed by atoms with Crippen LogP contribution in [0.5, 0.6) is 0 Å². The number of amides is 1. The van der Waals surface area contributed by atoms with Gasteiger partial charge in [0.15, 0.2) is 0 Å². The molecule has 0 radical (unpaired) electrons. The third kappa shape index (κ3) is 2.04. The van der Waals surface area contributed by atoms with Crippen molar-refractivity contribution in [2.24, 2.45) is 0 Å². The Labute approximate surface area is 99.6 Å². The van der Waals surface area contributed by atoms with Crippen LogP contribution >= 0.6 is 0 Å². The Morgan fingerprint density at radius 2 is 2.41 bits per heavy atom. The van der Waals surface area contributed by atoms with Gasteiger partial charge >= 0.3 is 0 Å². The molecule has 1 spiro atoms. The summed E-state index contributed by atoms with van der Waals surface area (Å²) >= 11 is 0. The van der Waals surface area contributed by atoms with Gasteiger partial charge in [-0.3, -0.25) is 9.89 Å². The summed E-state index contributed by atoms with van der Waals surface area (Å²) in [4.78, 5) is 15.7. The summed E-state index contributed by atoms with van der Waals surface area (Å²) < 4.78 is 0. The minimum absolute atomic E-state index is 0.149. The summed E-state index contributed by atoms with van der Waals surface area (Å²) in [5.74, 6) is 0.148. The lowest BCUT2D eigenvalue weighted by Crippen LogP contribution is -2.59. The quantitative estimate of drug-likeness (QED) is 0.684. The van der Waals surface area contributed by atoms with Gasteiger partial charge in [0.2, 0.25) is 5.82 Å². The van der Waals surface area contributed by atoms with Gasteiger partial charge in [0.05, 0.1) is 0 Å². The van der Waals surface area contributed by atoms with Crippen molar-refractivity contribution in [3.63, 3.8) is 0 Å². The lowest BCUT2D eigenvalue weighted by atomic mass is 9.70. The molecule has 2 aliphatic rings. The molecule has 1 atom stereocenters. The highest BCUT2D eigenvalue weighted by atomic mass is 16.2. The minimum Gasteiger partial charge on any atom is -0.346 e. The van der Waals surface area contributed by atoms with E-state index in [9.17, 15) is 4.79 Å². The molecule has 1 aliphatic carbocycles. The molecule has 1 saturated carbocycles. The van der Waals surface area contributed by atoms with Gasteiger partial charge in [-0.05, 0) is 38.6 Å². The zero-order valence-electron chi connectivity index (χ0n) is 9.70. The molecule has 0 bridgehead atoms. The second kappa shape index (κ2) is 4.10. The van der Waals surface area contributed by atoms with E-state index in [0.717, 1.165) is 19.4 Å². The molecule has 92 valence electrons. The molecule has 17 heavy (non-hydrogen) atoms. The third-order valence-corrected chi connectivity index (χ3v) is 3.91. The predicted octanol–water partition coefficient (Wildman–Crippen LogP) is 0.209. The fourth-order valence-corrected chi connectivity index (χ4v) is 2.83. The summed E-state index contributed by atoms with van der Waals surface area (Å²) in [5, 5.41) is 12.9. The number of H-pyrrole nitrogens is 1. The van der Waals surface area contributed by atoms with Gasteiger partial charge in [-0.2, -0.15) is 5.10 Å².